The SMILES string of the molecule is Cc1ncnc(NC2(C(=O)O)CCC(C)CC2)c1F. The second-order valence-corrected chi connectivity index (χ2v) is 5.32. The van der Waals surface area contributed by atoms with Crippen molar-refractivity contribution in [1.29, 1.82) is 0 Å². The second kappa shape index (κ2) is 5.11. The van der Waals surface area contributed by atoms with E-state index in [1.807, 2.05) is 0 Å². The average Bonchev–Trinajstić information content (AvgIpc) is 2.37. The summed E-state index contributed by atoms with van der Waals surface area (Å²) < 4.78 is 13.9. The van der Waals surface area contributed by atoms with Gasteiger partial charge in [0.1, 0.15) is 11.9 Å². The quantitative estimate of drug-likeness (QED) is 0.879. The van der Waals surface area contributed by atoms with Gasteiger partial charge in [0.2, 0.25) is 0 Å². The van der Waals surface area contributed by atoms with Gasteiger partial charge in [-0.3, -0.25) is 0 Å². The van der Waals surface area contributed by atoms with Crippen LogP contribution in [0.25, 0.3) is 0 Å². The summed E-state index contributed by atoms with van der Waals surface area (Å²) >= 11 is 0. The number of aromatic nitrogens is 2. The van der Waals surface area contributed by atoms with Gasteiger partial charge in [0.05, 0.1) is 5.69 Å². The number of hydrogen-bond acceptors (Lipinski definition) is 4. The van der Waals surface area contributed by atoms with E-state index < -0.39 is 17.3 Å². The Bertz CT molecular complexity index is 485. The Kier molecular flexibility index (Phi) is 3.68. The number of anilines is 1. The summed E-state index contributed by atoms with van der Waals surface area (Å²) in [5, 5.41) is 12.3. The summed E-state index contributed by atoms with van der Waals surface area (Å²) in [7, 11) is 0. The number of carboxylic acid groups (broad SMARTS) is 1. The van der Waals surface area contributed by atoms with Crippen LogP contribution in [0.15, 0.2) is 6.33 Å². The third-order valence-electron chi connectivity index (χ3n) is 3.86. The molecule has 1 aliphatic rings. The van der Waals surface area contributed by atoms with Crippen LogP contribution in [0, 0.1) is 18.7 Å². The van der Waals surface area contributed by atoms with Gasteiger partial charge >= 0.3 is 5.97 Å². The first kappa shape index (κ1) is 13.7. The van der Waals surface area contributed by atoms with Crippen molar-refractivity contribution in [2.75, 3.05) is 5.32 Å². The van der Waals surface area contributed by atoms with E-state index >= 15 is 0 Å². The predicted molar refractivity (Wildman–Crippen MR) is 68.3 cm³/mol. The minimum Gasteiger partial charge on any atom is -0.480 e. The number of carboxylic acids is 1. The topological polar surface area (TPSA) is 75.1 Å². The zero-order valence-corrected chi connectivity index (χ0v) is 11.1. The maximum Gasteiger partial charge on any atom is 0.329 e. The number of carbonyl (C=O) groups is 1. The molecule has 1 fully saturated rings. The van der Waals surface area contributed by atoms with E-state index in [9.17, 15) is 14.3 Å². The molecule has 1 saturated carbocycles. The molecule has 0 unspecified atom stereocenters. The third kappa shape index (κ3) is 2.67. The van der Waals surface area contributed by atoms with Crippen LogP contribution >= 0.6 is 0 Å². The largest absolute Gasteiger partial charge is 0.480 e. The fourth-order valence-electron chi connectivity index (χ4n) is 2.42. The Morgan fingerprint density at radius 1 is 1.47 bits per heavy atom. The molecule has 1 aromatic rings. The van der Waals surface area contributed by atoms with Crippen LogP contribution in [0.2, 0.25) is 0 Å². The van der Waals surface area contributed by atoms with Gasteiger partial charge < -0.3 is 10.4 Å². The zero-order chi connectivity index (χ0) is 14.0. The Labute approximate surface area is 111 Å². The molecule has 0 amide bonds. The second-order valence-electron chi connectivity index (χ2n) is 5.32. The minimum atomic E-state index is -1.12. The summed E-state index contributed by atoms with van der Waals surface area (Å²) in [6.07, 6.45) is 3.82. The molecule has 104 valence electrons. The zero-order valence-electron chi connectivity index (χ0n) is 11.1. The molecule has 1 aromatic heterocycles. The predicted octanol–water partition coefficient (Wildman–Crippen LogP) is 2.37. The number of nitrogens with zero attached hydrogens (tertiary/aromatic N) is 2. The van der Waals surface area contributed by atoms with Crippen molar-refractivity contribution in [1.82, 2.24) is 9.97 Å². The smallest absolute Gasteiger partial charge is 0.329 e. The molecule has 0 bridgehead atoms. The van der Waals surface area contributed by atoms with Crippen molar-refractivity contribution in [2.45, 2.75) is 45.1 Å². The highest BCUT2D eigenvalue weighted by Gasteiger charge is 2.42. The molecular formula is C13H18FN3O2. The molecule has 19 heavy (non-hydrogen) atoms. The first-order valence-electron chi connectivity index (χ1n) is 6.43. The van der Waals surface area contributed by atoms with Crippen LogP contribution in [0.4, 0.5) is 10.2 Å². The van der Waals surface area contributed by atoms with Gasteiger partial charge in [-0.05, 0) is 38.5 Å². The molecule has 5 nitrogen and oxygen atoms in total. The van der Waals surface area contributed by atoms with Gasteiger partial charge in [0.25, 0.3) is 0 Å². The summed E-state index contributed by atoms with van der Waals surface area (Å²) in [5.41, 5.74) is -0.907. The van der Waals surface area contributed by atoms with Crippen LogP contribution < -0.4 is 5.32 Å². The maximum absolute atomic E-state index is 13.9. The van der Waals surface area contributed by atoms with E-state index in [-0.39, 0.29) is 11.5 Å². The average molecular weight is 267 g/mol. The van der Waals surface area contributed by atoms with Gasteiger partial charge in [0, 0.05) is 0 Å². The van der Waals surface area contributed by atoms with E-state index in [0.717, 1.165) is 12.8 Å². The van der Waals surface area contributed by atoms with Gasteiger partial charge in [-0.2, -0.15) is 0 Å². The lowest BCUT2D eigenvalue weighted by Gasteiger charge is -2.36. The molecular weight excluding hydrogens is 249 g/mol. The number of aliphatic carboxylic acids is 1. The minimum absolute atomic E-state index is 0.0237. The fourth-order valence-corrected chi connectivity index (χ4v) is 2.42. The Hall–Kier alpha value is -1.72. The van der Waals surface area contributed by atoms with Gasteiger partial charge in [-0.1, -0.05) is 6.92 Å². The molecule has 0 aromatic carbocycles. The van der Waals surface area contributed by atoms with Crippen molar-refractivity contribution in [3.63, 3.8) is 0 Å². The fraction of sp³-hybridized carbons (Fsp3) is 0.615. The first-order chi connectivity index (χ1) is 8.94. The van der Waals surface area contributed by atoms with Crippen molar-refractivity contribution < 1.29 is 14.3 Å². The van der Waals surface area contributed by atoms with Gasteiger partial charge in [-0.25, -0.2) is 19.2 Å². The Morgan fingerprint density at radius 2 is 2.11 bits per heavy atom. The lowest BCUT2D eigenvalue weighted by atomic mass is 9.77. The molecule has 0 atom stereocenters. The van der Waals surface area contributed by atoms with Gasteiger partial charge in [0.15, 0.2) is 11.6 Å². The molecule has 1 aliphatic carbocycles. The van der Waals surface area contributed by atoms with Crippen molar-refractivity contribution in [2.24, 2.45) is 5.92 Å². The molecule has 0 radical (unpaired) electrons. The monoisotopic (exact) mass is 267 g/mol. The van der Waals surface area contributed by atoms with E-state index in [2.05, 4.69) is 22.2 Å². The molecule has 2 rings (SSSR count). The number of nitrogens with one attached hydrogen (secondary N) is 1. The first-order valence-corrected chi connectivity index (χ1v) is 6.43. The normalized spacial score (nSPS) is 27.0. The van der Waals surface area contributed by atoms with Crippen LogP contribution in [-0.2, 0) is 4.79 Å². The lowest BCUT2D eigenvalue weighted by Crippen LogP contribution is -2.49. The van der Waals surface area contributed by atoms with E-state index in [1.54, 1.807) is 0 Å². The number of halogens is 1. The van der Waals surface area contributed by atoms with Crippen molar-refractivity contribution in [3.8, 4) is 0 Å². The highest BCUT2D eigenvalue weighted by atomic mass is 19.1. The summed E-state index contributed by atoms with van der Waals surface area (Å²) in [4.78, 5) is 19.1. The van der Waals surface area contributed by atoms with E-state index in [1.165, 1.54) is 13.3 Å². The lowest BCUT2D eigenvalue weighted by molar-refractivity contribution is -0.143. The Morgan fingerprint density at radius 3 is 2.68 bits per heavy atom. The molecule has 1 heterocycles. The third-order valence-corrected chi connectivity index (χ3v) is 3.86. The molecule has 2 N–H and O–H groups in total. The van der Waals surface area contributed by atoms with E-state index in [0.29, 0.717) is 18.8 Å². The van der Waals surface area contributed by atoms with Crippen LogP contribution in [-0.4, -0.2) is 26.6 Å². The highest BCUT2D eigenvalue weighted by Crippen LogP contribution is 2.35. The molecule has 0 spiro atoms. The molecule has 0 aliphatic heterocycles. The van der Waals surface area contributed by atoms with E-state index in [4.69, 9.17) is 0 Å². The van der Waals surface area contributed by atoms with Crippen molar-refractivity contribution in [3.05, 3.63) is 17.8 Å². The summed E-state index contributed by atoms with van der Waals surface area (Å²) in [5.74, 6) is -1.05. The van der Waals surface area contributed by atoms with Crippen LogP contribution in [0.3, 0.4) is 0 Å². The molecule has 6 heteroatoms. The van der Waals surface area contributed by atoms with Crippen molar-refractivity contribution >= 4 is 11.8 Å². The Balaban J connectivity index is 2.27. The summed E-state index contributed by atoms with van der Waals surface area (Å²) in [6, 6.07) is 0. The van der Waals surface area contributed by atoms with Crippen LogP contribution in [0.1, 0.15) is 38.3 Å². The number of hydrogen-bond donors (Lipinski definition) is 2. The summed E-state index contributed by atoms with van der Waals surface area (Å²) in [6.45, 7) is 3.62. The van der Waals surface area contributed by atoms with Gasteiger partial charge in [-0.15, -0.1) is 0 Å². The van der Waals surface area contributed by atoms with Crippen LogP contribution in [0.5, 0.6) is 0 Å². The number of aryl methyl sites for hydroxylation is 1. The molecule has 0 saturated heterocycles. The highest BCUT2D eigenvalue weighted by molar-refractivity contribution is 5.82. The standard InChI is InChI=1S/C13H18FN3O2/c1-8-3-5-13(6-4-8,12(18)19)17-11-10(14)9(2)15-7-16-11/h7-8H,3-6H2,1-2H3,(H,18,19)(H,15,16,17). The number of rotatable bonds is 3. The maximum atomic E-state index is 13.9.